The average Bonchev–Trinajstić information content (AvgIpc) is 0.756. The van der Waals surface area contributed by atoms with Crippen LogP contribution in [0.2, 0.25) is 10.0 Å². The average molecular weight is 1450 g/mol. The van der Waals surface area contributed by atoms with Gasteiger partial charge >= 0.3 is 5.97 Å². The first kappa shape index (κ1) is 73.7. The zero-order chi connectivity index (χ0) is 73.7. The molecule has 29 heteroatoms. The molecule has 7 aromatic rings. The number of hydrogen-bond donors (Lipinski definition) is 16. The van der Waals surface area contributed by atoms with E-state index < -0.39 is 152 Å². The van der Waals surface area contributed by atoms with Crippen LogP contribution in [0.15, 0.2) is 109 Å². The number of quaternary nitrogens is 1. The lowest BCUT2D eigenvalue weighted by atomic mass is 9.88. The van der Waals surface area contributed by atoms with Gasteiger partial charge in [0.05, 0.1) is 42.8 Å². The van der Waals surface area contributed by atoms with Crippen molar-refractivity contribution in [3.05, 3.63) is 164 Å². The van der Waals surface area contributed by atoms with Gasteiger partial charge in [0.15, 0.2) is 29.0 Å². The molecule has 7 aromatic carbocycles. The smallest absolute Gasteiger partial charge is 0.330 e. The van der Waals surface area contributed by atoms with Gasteiger partial charge in [-0.1, -0.05) is 92.9 Å². The van der Waals surface area contributed by atoms with E-state index in [1.165, 1.54) is 93.1 Å². The van der Waals surface area contributed by atoms with Crippen molar-refractivity contribution in [2.24, 2.45) is 5.73 Å². The number of unbranched alkanes of at least 4 members (excludes halogenated alkanes) is 7. The summed E-state index contributed by atoms with van der Waals surface area (Å²) < 4.78 is 19.3. The van der Waals surface area contributed by atoms with Gasteiger partial charge in [-0.15, -0.1) is 0 Å². The number of carboxylic acid groups (broad SMARTS) is 1. The zero-order valence-corrected chi connectivity index (χ0v) is 57.9. The highest BCUT2D eigenvalue weighted by Gasteiger charge is 2.42. The number of amides is 6. The number of nitrogens with zero attached hydrogens (tertiary/aromatic N) is 1. The molecule has 0 spiro atoms. The molecule has 0 aromatic heterocycles. The van der Waals surface area contributed by atoms with E-state index in [0.29, 0.717) is 18.5 Å². The first-order chi connectivity index (χ1) is 49.1. The number of nitrogens with one attached hydrogen (secondary N) is 7. The van der Waals surface area contributed by atoms with Gasteiger partial charge in [0.25, 0.3) is 0 Å². The molecule has 13 rings (SSSR count). The Labute approximate surface area is 601 Å². The van der Waals surface area contributed by atoms with Crippen LogP contribution >= 0.6 is 23.2 Å². The Morgan fingerprint density at radius 3 is 1.80 bits per heavy atom. The van der Waals surface area contributed by atoms with Crippen molar-refractivity contribution in [3.63, 3.8) is 0 Å². The molecule has 27 nitrogen and oxygen atoms in total. The molecule has 0 fully saturated rings. The topological polar surface area (TPSA) is 419 Å². The number of carbonyl (C=O) groups excluding carboxylic acids is 6. The number of halogens is 2. The Balaban J connectivity index is 1.04. The summed E-state index contributed by atoms with van der Waals surface area (Å²) in [6.07, 6.45) is 7.67. The molecule has 6 aliphatic heterocycles. The minimum Gasteiger partial charge on any atom is -0.508 e. The lowest BCUT2D eigenvalue weighted by molar-refractivity contribution is -0.890. The summed E-state index contributed by atoms with van der Waals surface area (Å²) in [4.78, 5) is 105. The van der Waals surface area contributed by atoms with Crippen molar-refractivity contribution in [3.8, 4) is 80.1 Å². The molecule has 1 unspecified atom stereocenters. The van der Waals surface area contributed by atoms with Crippen LogP contribution in [0.25, 0.3) is 11.1 Å². The van der Waals surface area contributed by atoms with E-state index >= 15 is 24.0 Å². The summed E-state index contributed by atoms with van der Waals surface area (Å²) in [5, 5.41) is 112. The van der Waals surface area contributed by atoms with Crippen LogP contribution in [-0.2, 0) is 46.5 Å². The summed E-state index contributed by atoms with van der Waals surface area (Å²) in [6, 6.07) is 7.66. The number of hydrogen-bond acceptors (Lipinski definition) is 19. The highest BCUT2D eigenvalue weighted by molar-refractivity contribution is 6.32. The number of aliphatic hydroxyl groups excluding tert-OH is 1. The largest absolute Gasteiger partial charge is 0.508 e. The van der Waals surface area contributed by atoms with Crippen molar-refractivity contribution in [1.29, 1.82) is 0 Å². The van der Waals surface area contributed by atoms with Gasteiger partial charge in [-0.2, -0.15) is 0 Å². The Morgan fingerprint density at radius 1 is 0.544 bits per heavy atom. The number of carbonyl (C=O) groups is 7. The summed E-state index contributed by atoms with van der Waals surface area (Å²) in [5.41, 5.74) is 4.38. The fourth-order valence-corrected chi connectivity index (χ4v) is 13.6. The van der Waals surface area contributed by atoms with Crippen LogP contribution in [0.1, 0.15) is 146 Å². The van der Waals surface area contributed by atoms with Crippen LogP contribution in [-0.4, -0.2) is 133 Å². The highest BCUT2D eigenvalue weighted by Crippen LogP contribution is 2.49. The summed E-state index contributed by atoms with van der Waals surface area (Å²) in [6.45, 7) is 4.11. The fourth-order valence-electron chi connectivity index (χ4n) is 13.1. The number of aliphatic hydroxyl groups is 1. The van der Waals surface area contributed by atoms with Crippen LogP contribution in [0.4, 0.5) is 0 Å². The molecule has 0 saturated heterocycles. The van der Waals surface area contributed by atoms with Gasteiger partial charge in [-0.3, -0.25) is 28.8 Å². The third-order valence-electron chi connectivity index (χ3n) is 18.8. The molecule has 542 valence electrons. The SMILES string of the molecule is CCCCCCCCCC[N+](C)(C)CCCNCc1c(O)cc2c(c1O)-c1cc(ccc1O)[C@H]1NC(=O)[C@@H]3NC(=O)C4NC(=O)[C@@H](Cc5ccc(c(Cl)c5)Oc5cc3cc(c5O)Oc3ccc(cc3Cl)[C@@H](O)[C@H](NC1=O)C(=O)N[C@@H]2C(=O)O)NC(=O)[C@@H](N)c1ccc(O)c(c1)Oc1cc(O)cc4c1. The Morgan fingerprint density at radius 2 is 1.13 bits per heavy atom. The van der Waals surface area contributed by atoms with Crippen molar-refractivity contribution in [2.75, 3.05) is 33.7 Å². The molecule has 0 aliphatic carbocycles. The first-order valence-electron chi connectivity index (χ1n) is 33.7. The van der Waals surface area contributed by atoms with Gasteiger partial charge in [-0.25, -0.2) is 4.79 Å². The third kappa shape index (κ3) is 16.7. The normalized spacial score (nSPS) is 20.5. The van der Waals surface area contributed by atoms with E-state index in [0.717, 1.165) is 85.0 Å². The van der Waals surface area contributed by atoms with Gasteiger partial charge in [-0.05, 0) is 125 Å². The quantitative estimate of drug-likeness (QED) is 0.0317. The number of fused-ring (bicyclic) bond motifs is 14. The van der Waals surface area contributed by atoms with E-state index in [-0.39, 0.29) is 79.4 Å². The number of nitrogens with two attached hydrogens (primary N) is 1. The van der Waals surface area contributed by atoms with Gasteiger partial charge < -0.3 is 102 Å². The molecule has 6 aliphatic rings. The summed E-state index contributed by atoms with van der Waals surface area (Å²) >= 11 is 13.8. The fraction of sp³-hybridized carbons (Fsp3) is 0.338. The number of aliphatic carboxylic acids is 1. The molecular formula is C74H80Cl2N9O18+. The molecule has 0 saturated carbocycles. The van der Waals surface area contributed by atoms with E-state index in [1.54, 1.807) is 0 Å². The predicted octanol–water partition coefficient (Wildman–Crippen LogP) is 8.68. The van der Waals surface area contributed by atoms with Crippen LogP contribution in [0, 0.1) is 0 Å². The highest BCUT2D eigenvalue weighted by atomic mass is 35.5. The monoisotopic (exact) mass is 1450 g/mol. The lowest BCUT2D eigenvalue weighted by Gasteiger charge is -2.31. The minimum atomic E-state index is -2.22. The van der Waals surface area contributed by atoms with E-state index in [2.05, 4.69) is 58.2 Å². The maximum absolute atomic E-state index is 16.0. The number of aromatic hydroxyl groups is 6. The lowest BCUT2D eigenvalue weighted by Crippen LogP contribution is -2.55. The molecule has 6 amide bonds. The maximum Gasteiger partial charge on any atom is 0.330 e. The molecule has 17 bridgehead atoms. The van der Waals surface area contributed by atoms with Gasteiger partial charge in [0, 0.05) is 48.7 Å². The number of carboxylic acids is 1. The molecular weight excluding hydrogens is 1370 g/mol. The second-order valence-corrected chi connectivity index (χ2v) is 27.6. The molecule has 6 heterocycles. The predicted molar refractivity (Wildman–Crippen MR) is 376 cm³/mol. The van der Waals surface area contributed by atoms with E-state index in [4.69, 9.17) is 43.1 Å². The van der Waals surface area contributed by atoms with Crippen LogP contribution in [0.3, 0.4) is 0 Å². The van der Waals surface area contributed by atoms with Crippen LogP contribution in [0.5, 0.6) is 69.0 Å². The Hall–Kier alpha value is -10.6. The van der Waals surface area contributed by atoms with Crippen molar-refractivity contribution in [1.82, 2.24) is 37.2 Å². The van der Waals surface area contributed by atoms with Crippen molar-refractivity contribution < 1.29 is 93.1 Å². The van der Waals surface area contributed by atoms with Crippen molar-refractivity contribution in [2.45, 2.75) is 126 Å². The molecule has 103 heavy (non-hydrogen) atoms. The number of benzene rings is 7. The van der Waals surface area contributed by atoms with Gasteiger partial charge in [0.1, 0.15) is 82.6 Å². The third-order valence-corrected chi connectivity index (χ3v) is 19.4. The summed E-state index contributed by atoms with van der Waals surface area (Å²) in [7, 11) is 4.29. The summed E-state index contributed by atoms with van der Waals surface area (Å²) in [5.74, 6) is -14.7. The maximum atomic E-state index is 16.0. The van der Waals surface area contributed by atoms with E-state index in [1.807, 2.05) is 0 Å². The Bertz CT molecular complexity index is 4480. The first-order valence-corrected chi connectivity index (χ1v) is 34.5. The number of ether oxygens (including phenoxy) is 3. The zero-order valence-electron chi connectivity index (χ0n) is 56.4. The van der Waals surface area contributed by atoms with E-state index in [9.17, 15) is 50.4 Å². The minimum absolute atomic E-state index is 0.120. The molecule has 17 N–H and O–H groups in total. The number of phenolic OH excluding ortho intramolecular Hbond substituents is 6. The molecule has 0 radical (unpaired) electrons. The second kappa shape index (κ2) is 31.4. The molecule has 8 atom stereocenters. The Kier molecular flexibility index (Phi) is 22.4. The standard InChI is InChI=1S/C74H79Cl2N9O18/c1-4-5-6-7-8-9-10-11-22-85(2,3)23-12-21-78-35-46-52(89)34-45-58(66(46)91)44-28-38(15-17-50(44)87)60-70(95)84-64(73(98)83-63(45)74(99)100)65(90)39-16-20-54(48(76)29-39)103-57-32-41-31-56(67(57)92)102-53-19-13-36(24-47(53)75)25-49-68(93)80-61(71(96)82-62(41)72(97)81-60)40-26-42(86)33-43(27-40)101-55-30-37(14-18-51(55)88)59(77)69(94)79-49/h13-20,24,26-34,49,59-65,78,90H,4-12,21-23,25,35,77H2,1-3H3,(H12-,79,80,81,82,83,84,86,87,88,89,91,92,93,94,95,96,97,98,99,100)/p+1/t49-,59+,60-,61?,62-,63+,64+,65-/m1/s1. The number of rotatable bonds is 16. The van der Waals surface area contributed by atoms with Gasteiger partial charge in [0.2, 0.25) is 41.2 Å². The second-order valence-electron chi connectivity index (χ2n) is 26.7. The van der Waals surface area contributed by atoms with Crippen molar-refractivity contribution >= 4 is 64.6 Å². The number of phenols is 6. The van der Waals surface area contributed by atoms with Crippen LogP contribution < -0.4 is 57.2 Å².